The lowest BCUT2D eigenvalue weighted by Crippen LogP contribution is -2.66. The van der Waals surface area contributed by atoms with E-state index in [0.717, 1.165) is 5.56 Å². The number of ether oxygens (including phenoxy) is 1. The molecule has 3 heterocycles. The van der Waals surface area contributed by atoms with Gasteiger partial charge in [-0.05, 0) is 42.8 Å². The van der Waals surface area contributed by atoms with E-state index in [1.165, 1.54) is 23.3 Å². The van der Waals surface area contributed by atoms with Crippen LogP contribution >= 0.6 is 0 Å². The molecule has 0 N–H and O–H groups in total. The molecule has 4 rings (SSSR count). The van der Waals surface area contributed by atoms with Crippen molar-refractivity contribution < 1.29 is 13.9 Å². The number of amides is 2. The molecular weight excluding hydrogens is 361 g/mol. The summed E-state index contributed by atoms with van der Waals surface area (Å²) in [4.78, 5) is 18.6. The number of nitriles is 1. The molecule has 2 amide bonds. The number of likely N-dealkylation sites (tertiary alicyclic amines) is 1. The van der Waals surface area contributed by atoms with Crippen LogP contribution < -0.4 is 4.74 Å². The highest BCUT2D eigenvalue weighted by molar-refractivity contribution is 5.79. The number of pyridine rings is 1. The van der Waals surface area contributed by atoms with E-state index in [4.69, 9.17) is 10.00 Å². The number of rotatable bonds is 3. The Morgan fingerprint density at radius 1 is 1.32 bits per heavy atom. The van der Waals surface area contributed by atoms with Gasteiger partial charge in [0.15, 0.2) is 0 Å². The number of hydrogen-bond acceptors (Lipinski definition) is 5. The zero-order chi connectivity index (χ0) is 19.7. The number of nitrogens with zero attached hydrogens (tertiary/aromatic N) is 5. The highest BCUT2D eigenvalue weighted by Gasteiger charge is 2.46. The first-order valence-corrected chi connectivity index (χ1v) is 8.88. The number of carbonyl (C=O) groups is 1. The zero-order valence-corrected chi connectivity index (χ0v) is 15.2. The Kier molecular flexibility index (Phi) is 4.43. The summed E-state index contributed by atoms with van der Waals surface area (Å²) in [5.74, 6) is 0.239. The SMILES string of the molecule is CC1(Oc2ccc(F)cc2)CN(C(=O)N2N=CC[C@H]2c2cncc(C#N)c2)C1. The van der Waals surface area contributed by atoms with Crippen LogP contribution in [-0.2, 0) is 0 Å². The number of aromatic nitrogens is 1. The summed E-state index contributed by atoms with van der Waals surface area (Å²) in [5, 5.41) is 14.7. The Balaban J connectivity index is 1.41. The van der Waals surface area contributed by atoms with E-state index in [-0.39, 0.29) is 17.9 Å². The summed E-state index contributed by atoms with van der Waals surface area (Å²) in [5.41, 5.74) is 0.686. The summed E-state index contributed by atoms with van der Waals surface area (Å²) in [6.45, 7) is 2.71. The molecule has 0 unspecified atom stereocenters. The third kappa shape index (κ3) is 3.39. The number of hydrazone groups is 1. The number of carbonyl (C=O) groups excluding carboxylic acids is 1. The molecule has 2 aliphatic heterocycles. The molecule has 0 spiro atoms. The molecule has 1 aromatic heterocycles. The van der Waals surface area contributed by atoms with E-state index in [1.807, 2.05) is 6.92 Å². The number of halogens is 1. The molecule has 142 valence electrons. The fourth-order valence-electron chi connectivity index (χ4n) is 3.47. The lowest BCUT2D eigenvalue weighted by molar-refractivity contribution is -0.0482. The first kappa shape index (κ1) is 17.9. The highest BCUT2D eigenvalue weighted by atomic mass is 19.1. The van der Waals surface area contributed by atoms with Crippen LogP contribution in [0.2, 0.25) is 0 Å². The van der Waals surface area contributed by atoms with E-state index >= 15 is 0 Å². The van der Waals surface area contributed by atoms with E-state index in [2.05, 4.69) is 16.2 Å². The maximum absolute atomic E-state index is 13.0. The summed E-state index contributed by atoms with van der Waals surface area (Å²) >= 11 is 0. The van der Waals surface area contributed by atoms with Gasteiger partial charge in [-0.15, -0.1) is 0 Å². The van der Waals surface area contributed by atoms with Gasteiger partial charge in [-0.25, -0.2) is 14.2 Å². The molecule has 1 saturated heterocycles. The fourth-order valence-corrected chi connectivity index (χ4v) is 3.47. The minimum absolute atomic E-state index is 0.221. The van der Waals surface area contributed by atoms with Gasteiger partial charge in [0.2, 0.25) is 0 Å². The van der Waals surface area contributed by atoms with Crippen LogP contribution in [0.1, 0.15) is 30.5 Å². The summed E-state index contributed by atoms with van der Waals surface area (Å²) in [6.07, 6.45) is 5.40. The first-order valence-electron chi connectivity index (χ1n) is 8.88. The Labute approximate surface area is 161 Å². The topological polar surface area (TPSA) is 81.8 Å². The summed E-state index contributed by atoms with van der Waals surface area (Å²) < 4.78 is 18.9. The van der Waals surface area contributed by atoms with E-state index in [0.29, 0.717) is 30.8 Å². The number of benzene rings is 1. The summed E-state index contributed by atoms with van der Waals surface area (Å²) in [7, 11) is 0. The lowest BCUT2D eigenvalue weighted by Gasteiger charge is -2.48. The Morgan fingerprint density at radius 3 is 2.79 bits per heavy atom. The number of urea groups is 1. The zero-order valence-electron chi connectivity index (χ0n) is 15.2. The molecule has 0 aliphatic carbocycles. The van der Waals surface area contributed by atoms with Gasteiger partial charge in [0.1, 0.15) is 23.2 Å². The van der Waals surface area contributed by atoms with Gasteiger partial charge in [0, 0.05) is 25.0 Å². The van der Waals surface area contributed by atoms with Crippen molar-refractivity contribution in [3.05, 3.63) is 59.7 Å². The van der Waals surface area contributed by atoms with Crippen LogP contribution in [0.25, 0.3) is 0 Å². The average Bonchev–Trinajstić information content (AvgIpc) is 3.17. The van der Waals surface area contributed by atoms with Gasteiger partial charge >= 0.3 is 6.03 Å². The smallest absolute Gasteiger partial charge is 0.341 e. The molecule has 2 aromatic rings. The van der Waals surface area contributed by atoms with Crippen molar-refractivity contribution in [3.63, 3.8) is 0 Å². The van der Waals surface area contributed by atoms with E-state index in [9.17, 15) is 9.18 Å². The second-order valence-electron chi connectivity index (χ2n) is 7.16. The van der Waals surface area contributed by atoms with Crippen molar-refractivity contribution in [3.8, 4) is 11.8 Å². The average molecular weight is 379 g/mol. The van der Waals surface area contributed by atoms with Gasteiger partial charge < -0.3 is 9.64 Å². The minimum atomic E-state index is -0.533. The molecule has 0 bridgehead atoms. The van der Waals surface area contributed by atoms with E-state index in [1.54, 1.807) is 35.5 Å². The molecular formula is C20H18FN5O2. The molecule has 0 radical (unpaired) electrons. The molecule has 1 atom stereocenters. The summed E-state index contributed by atoms with van der Waals surface area (Å²) in [6, 6.07) is 9.11. The monoisotopic (exact) mass is 379 g/mol. The maximum atomic E-state index is 13.0. The molecule has 2 aliphatic rings. The Hall–Kier alpha value is -3.47. The van der Waals surface area contributed by atoms with Crippen LogP contribution in [0, 0.1) is 17.1 Å². The minimum Gasteiger partial charge on any atom is -0.484 e. The maximum Gasteiger partial charge on any atom is 0.341 e. The molecule has 28 heavy (non-hydrogen) atoms. The standard InChI is InChI=1S/C20H18FN5O2/c1-20(28-17-4-2-16(21)3-5-17)12-25(13-20)19(27)26-18(6-7-24-26)15-8-14(9-22)10-23-11-15/h2-5,7-8,10-11,18H,6,12-13H2,1H3/t18-/m0/s1. The van der Waals surface area contributed by atoms with Crippen LogP contribution in [0.15, 0.2) is 47.8 Å². The molecule has 1 aromatic carbocycles. The van der Waals surface area contributed by atoms with Gasteiger partial charge in [-0.3, -0.25) is 4.98 Å². The number of hydrogen-bond donors (Lipinski definition) is 0. The quantitative estimate of drug-likeness (QED) is 0.821. The van der Waals surface area contributed by atoms with Crippen LogP contribution in [0.3, 0.4) is 0 Å². The lowest BCUT2D eigenvalue weighted by atomic mass is 9.96. The predicted octanol–water partition coefficient (Wildman–Crippen LogP) is 3.10. The van der Waals surface area contributed by atoms with Crippen molar-refractivity contribution in [2.24, 2.45) is 5.10 Å². The van der Waals surface area contributed by atoms with Crippen LogP contribution in [-0.4, -0.2) is 45.8 Å². The second-order valence-corrected chi connectivity index (χ2v) is 7.16. The van der Waals surface area contributed by atoms with Crippen LogP contribution in [0.4, 0.5) is 9.18 Å². The molecule has 7 nitrogen and oxygen atoms in total. The van der Waals surface area contributed by atoms with Crippen molar-refractivity contribution in [1.29, 1.82) is 5.26 Å². The molecule has 8 heteroatoms. The molecule has 1 fully saturated rings. The van der Waals surface area contributed by atoms with Crippen molar-refractivity contribution in [2.75, 3.05) is 13.1 Å². The fraction of sp³-hybridized carbons (Fsp3) is 0.300. The van der Waals surface area contributed by atoms with Crippen molar-refractivity contribution >= 4 is 12.2 Å². The predicted molar refractivity (Wildman–Crippen MR) is 99.0 cm³/mol. The molecule has 0 saturated carbocycles. The largest absolute Gasteiger partial charge is 0.484 e. The third-order valence-electron chi connectivity index (χ3n) is 4.80. The normalized spacial score (nSPS) is 19.8. The van der Waals surface area contributed by atoms with Gasteiger partial charge in [0.05, 0.1) is 24.7 Å². The Bertz CT molecular complexity index is 963. The Morgan fingerprint density at radius 2 is 2.07 bits per heavy atom. The van der Waals surface area contributed by atoms with Crippen molar-refractivity contribution in [1.82, 2.24) is 14.9 Å². The van der Waals surface area contributed by atoms with Crippen LogP contribution in [0.5, 0.6) is 5.75 Å². The van der Waals surface area contributed by atoms with E-state index < -0.39 is 5.60 Å². The first-order chi connectivity index (χ1) is 13.5. The second kappa shape index (κ2) is 6.93. The van der Waals surface area contributed by atoms with Crippen molar-refractivity contribution in [2.45, 2.75) is 25.0 Å². The van der Waals surface area contributed by atoms with Gasteiger partial charge in [-0.1, -0.05) is 0 Å². The van der Waals surface area contributed by atoms with Gasteiger partial charge in [0.25, 0.3) is 0 Å². The highest BCUT2D eigenvalue weighted by Crippen LogP contribution is 2.33. The van der Waals surface area contributed by atoms with Gasteiger partial charge in [-0.2, -0.15) is 10.4 Å². The third-order valence-corrected chi connectivity index (χ3v) is 4.80.